The van der Waals surface area contributed by atoms with Crippen LogP contribution in [0.5, 0.6) is 5.75 Å². The Morgan fingerprint density at radius 2 is 1.44 bits per heavy atom. The number of alkyl halides is 2. The lowest BCUT2D eigenvalue weighted by Gasteiger charge is -2.37. The first-order valence-corrected chi connectivity index (χ1v) is 11.9. The summed E-state index contributed by atoms with van der Waals surface area (Å²) in [6, 6.07) is 6.81. The summed E-state index contributed by atoms with van der Waals surface area (Å²) in [4.78, 5) is 0. The molecule has 32 heavy (non-hydrogen) atoms. The molecule has 2 aromatic rings. The first-order valence-electron chi connectivity index (χ1n) is 11.5. The van der Waals surface area contributed by atoms with E-state index in [-0.39, 0.29) is 10.9 Å². The molecule has 2 aliphatic rings. The molecule has 6 heteroatoms. The van der Waals surface area contributed by atoms with Crippen LogP contribution in [0.25, 0.3) is 0 Å². The summed E-state index contributed by atoms with van der Waals surface area (Å²) in [5.74, 6) is 0.283. The van der Waals surface area contributed by atoms with Crippen molar-refractivity contribution >= 4 is 11.6 Å². The van der Waals surface area contributed by atoms with Crippen molar-refractivity contribution in [3.63, 3.8) is 0 Å². The van der Waals surface area contributed by atoms with Crippen molar-refractivity contribution in [2.75, 3.05) is 0 Å². The number of ether oxygens (including phenoxy) is 1. The van der Waals surface area contributed by atoms with Crippen molar-refractivity contribution in [1.82, 2.24) is 0 Å². The lowest BCUT2D eigenvalue weighted by molar-refractivity contribution is -0.187. The van der Waals surface area contributed by atoms with Gasteiger partial charge in [-0.25, -0.2) is 8.78 Å². The zero-order valence-corrected chi connectivity index (χ0v) is 19.0. The number of halogens is 5. The van der Waals surface area contributed by atoms with Gasteiger partial charge in [-0.05, 0) is 98.1 Å². The molecule has 2 aromatic carbocycles. The third kappa shape index (κ3) is 5.24. The lowest BCUT2D eigenvalue weighted by Crippen LogP contribution is -2.25. The summed E-state index contributed by atoms with van der Waals surface area (Å²) in [6.07, 6.45) is 5.69. The third-order valence-corrected chi connectivity index (χ3v) is 7.73. The Hall–Kier alpha value is -1.75. The van der Waals surface area contributed by atoms with Gasteiger partial charge < -0.3 is 4.74 Å². The van der Waals surface area contributed by atoms with E-state index in [1.54, 1.807) is 6.07 Å². The van der Waals surface area contributed by atoms with Gasteiger partial charge in [0.15, 0.2) is 11.6 Å². The molecule has 4 rings (SSSR count). The second-order valence-corrected chi connectivity index (χ2v) is 9.98. The molecule has 0 heterocycles. The van der Waals surface area contributed by atoms with E-state index in [4.69, 9.17) is 11.6 Å². The maximum atomic E-state index is 14.6. The predicted molar refractivity (Wildman–Crippen MR) is 118 cm³/mol. The largest absolute Gasteiger partial charge is 0.426 e. The van der Waals surface area contributed by atoms with Crippen LogP contribution < -0.4 is 4.74 Å². The molecule has 0 aliphatic heterocycles. The van der Waals surface area contributed by atoms with E-state index in [0.717, 1.165) is 61.1 Å². The highest BCUT2D eigenvalue weighted by atomic mass is 35.5. The SMILES string of the molecule is CC1CCC(C2CCC(c3ccc(OC(F)(F)c4ccc(Cl)c(F)c4)c(F)c3)CC2)CC1. The maximum Gasteiger partial charge on any atom is 0.426 e. The van der Waals surface area contributed by atoms with Gasteiger partial charge in [0.1, 0.15) is 5.82 Å². The molecule has 2 fully saturated rings. The fourth-order valence-corrected chi connectivity index (χ4v) is 5.53. The van der Waals surface area contributed by atoms with Crippen LogP contribution in [0.2, 0.25) is 5.02 Å². The molecule has 1 nitrogen and oxygen atoms in total. The second kappa shape index (κ2) is 9.62. The average Bonchev–Trinajstić information content (AvgIpc) is 2.77. The monoisotopic (exact) mass is 468 g/mol. The van der Waals surface area contributed by atoms with E-state index in [9.17, 15) is 17.6 Å². The van der Waals surface area contributed by atoms with Gasteiger partial charge in [0.2, 0.25) is 0 Å². The van der Waals surface area contributed by atoms with Crippen LogP contribution in [0.4, 0.5) is 17.6 Å². The molecule has 0 atom stereocenters. The van der Waals surface area contributed by atoms with Crippen molar-refractivity contribution in [3.05, 3.63) is 64.2 Å². The molecule has 0 spiro atoms. The van der Waals surface area contributed by atoms with Crippen molar-refractivity contribution < 1.29 is 22.3 Å². The number of hydrogen-bond acceptors (Lipinski definition) is 1. The lowest BCUT2D eigenvalue weighted by atomic mass is 9.68. The highest BCUT2D eigenvalue weighted by molar-refractivity contribution is 6.30. The minimum Gasteiger partial charge on any atom is -0.426 e. The number of hydrogen-bond donors (Lipinski definition) is 0. The van der Waals surface area contributed by atoms with E-state index in [1.807, 2.05) is 0 Å². The summed E-state index contributed by atoms with van der Waals surface area (Å²) < 4.78 is 61.7. The molecular formula is C26H29ClF4O. The summed E-state index contributed by atoms with van der Waals surface area (Å²) in [5.41, 5.74) is 0.102. The molecule has 0 unspecified atom stereocenters. The van der Waals surface area contributed by atoms with Gasteiger partial charge in [0.25, 0.3) is 0 Å². The van der Waals surface area contributed by atoms with Gasteiger partial charge in [-0.1, -0.05) is 37.4 Å². The molecule has 0 N–H and O–H groups in total. The molecule has 0 amide bonds. The maximum absolute atomic E-state index is 14.6. The Labute approximate surface area is 192 Å². The molecule has 0 saturated heterocycles. The highest BCUT2D eigenvalue weighted by Gasteiger charge is 2.36. The Morgan fingerprint density at radius 3 is 2.03 bits per heavy atom. The van der Waals surface area contributed by atoms with Gasteiger partial charge in [0, 0.05) is 0 Å². The first kappa shape index (κ1) is 23.4. The summed E-state index contributed by atoms with van der Waals surface area (Å²) in [7, 11) is 0. The Balaban J connectivity index is 1.38. The highest BCUT2D eigenvalue weighted by Crippen LogP contribution is 2.44. The van der Waals surface area contributed by atoms with Gasteiger partial charge >= 0.3 is 6.11 Å². The predicted octanol–water partition coefficient (Wildman–Crippen LogP) is 8.85. The fraction of sp³-hybridized carbons (Fsp3) is 0.538. The van der Waals surface area contributed by atoms with Gasteiger partial charge in [-0.2, -0.15) is 8.78 Å². The first-order chi connectivity index (χ1) is 15.2. The normalized spacial score (nSPS) is 26.7. The second-order valence-electron chi connectivity index (χ2n) is 9.57. The van der Waals surface area contributed by atoms with E-state index < -0.39 is 29.1 Å². The summed E-state index contributed by atoms with van der Waals surface area (Å²) in [6.45, 7) is 2.33. The van der Waals surface area contributed by atoms with Gasteiger partial charge in [-0.15, -0.1) is 0 Å². The smallest absolute Gasteiger partial charge is 0.426 e. The molecular weight excluding hydrogens is 440 g/mol. The number of benzene rings is 2. The Bertz CT molecular complexity index is 931. The molecule has 0 bridgehead atoms. The summed E-state index contributed by atoms with van der Waals surface area (Å²) >= 11 is 5.55. The molecule has 174 valence electrons. The minimum atomic E-state index is -3.89. The van der Waals surface area contributed by atoms with Crippen LogP contribution >= 0.6 is 11.6 Å². The van der Waals surface area contributed by atoms with Crippen LogP contribution in [-0.4, -0.2) is 0 Å². The minimum absolute atomic E-state index is 0.239. The van der Waals surface area contributed by atoms with Crippen LogP contribution in [0, 0.1) is 29.4 Å². The van der Waals surface area contributed by atoms with Crippen LogP contribution in [0.3, 0.4) is 0 Å². The Kier molecular flexibility index (Phi) is 7.04. The molecule has 0 aromatic heterocycles. The van der Waals surface area contributed by atoms with Crippen LogP contribution in [-0.2, 0) is 6.11 Å². The standard InChI is InChI=1S/C26H29ClF4O/c1-16-2-4-17(5-3-16)18-6-8-19(9-7-18)20-10-13-25(24(29)14-20)32-26(30,31)21-11-12-22(27)23(28)15-21/h10-19H,2-9H2,1H3. The van der Waals surface area contributed by atoms with Crippen molar-refractivity contribution in [2.45, 2.75) is 70.3 Å². The zero-order chi connectivity index (χ0) is 22.9. The van der Waals surface area contributed by atoms with E-state index >= 15 is 0 Å². The van der Waals surface area contributed by atoms with Crippen LogP contribution in [0.1, 0.15) is 75.3 Å². The quantitative estimate of drug-likeness (QED) is 0.398. The topological polar surface area (TPSA) is 9.23 Å². The van der Waals surface area contributed by atoms with E-state index in [1.165, 1.54) is 37.8 Å². The van der Waals surface area contributed by atoms with Crippen molar-refractivity contribution in [1.29, 1.82) is 0 Å². The summed E-state index contributed by atoms with van der Waals surface area (Å²) in [5, 5.41) is -0.271. The molecule has 2 saturated carbocycles. The zero-order valence-electron chi connectivity index (χ0n) is 18.2. The van der Waals surface area contributed by atoms with Gasteiger partial charge in [0.05, 0.1) is 10.6 Å². The van der Waals surface area contributed by atoms with E-state index in [0.29, 0.717) is 6.07 Å². The third-order valence-electron chi connectivity index (χ3n) is 7.42. The van der Waals surface area contributed by atoms with Crippen molar-refractivity contribution in [3.8, 4) is 5.75 Å². The van der Waals surface area contributed by atoms with Crippen LogP contribution in [0.15, 0.2) is 36.4 Å². The van der Waals surface area contributed by atoms with E-state index in [2.05, 4.69) is 11.7 Å². The molecule has 0 radical (unpaired) electrons. The average molecular weight is 469 g/mol. The number of rotatable bonds is 5. The fourth-order valence-electron chi connectivity index (χ4n) is 5.41. The van der Waals surface area contributed by atoms with Gasteiger partial charge in [-0.3, -0.25) is 0 Å². The molecule has 2 aliphatic carbocycles. The Morgan fingerprint density at radius 1 is 0.812 bits per heavy atom. The van der Waals surface area contributed by atoms with Crippen molar-refractivity contribution in [2.24, 2.45) is 17.8 Å².